The molecular formula is C22H35ClIN7. The number of nitrogens with zero attached hydrogens (tertiary/aromatic N) is 5. The van der Waals surface area contributed by atoms with E-state index in [1.807, 2.05) is 12.1 Å². The number of benzene rings is 1. The summed E-state index contributed by atoms with van der Waals surface area (Å²) in [5.41, 5.74) is 1.28. The van der Waals surface area contributed by atoms with Crippen LogP contribution in [0.3, 0.4) is 0 Å². The molecule has 1 aliphatic heterocycles. The molecule has 0 saturated carbocycles. The normalized spacial score (nSPS) is 19.7. The summed E-state index contributed by atoms with van der Waals surface area (Å²) in [5, 5.41) is 15.8. The molecule has 1 saturated heterocycles. The van der Waals surface area contributed by atoms with Crippen LogP contribution in [0.25, 0.3) is 0 Å². The third kappa shape index (κ3) is 7.32. The molecule has 1 aliphatic rings. The molecule has 0 aliphatic carbocycles. The van der Waals surface area contributed by atoms with Crippen LogP contribution < -0.4 is 10.6 Å². The van der Waals surface area contributed by atoms with Crippen LogP contribution in [-0.4, -0.2) is 58.9 Å². The summed E-state index contributed by atoms with van der Waals surface area (Å²) < 4.78 is 2.09. The van der Waals surface area contributed by atoms with Crippen LogP contribution in [0.2, 0.25) is 5.02 Å². The summed E-state index contributed by atoms with van der Waals surface area (Å²) in [6, 6.07) is 8.60. The molecule has 2 aromatic rings. The van der Waals surface area contributed by atoms with Gasteiger partial charge in [-0.25, -0.2) is 0 Å². The predicted octanol–water partition coefficient (Wildman–Crippen LogP) is 3.75. The first-order chi connectivity index (χ1) is 14.6. The molecule has 2 N–H and O–H groups in total. The second-order valence-electron chi connectivity index (χ2n) is 7.82. The first-order valence-electron chi connectivity index (χ1n) is 11.0. The van der Waals surface area contributed by atoms with E-state index in [4.69, 9.17) is 16.6 Å². The van der Waals surface area contributed by atoms with Crippen LogP contribution in [-0.2, 0) is 13.0 Å². The van der Waals surface area contributed by atoms with Crippen molar-refractivity contribution in [2.24, 2.45) is 10.9 Å². The molecular weight excluding hydrogens is 525 g/mol. The van der Waals surface area contributed by atoms with Crippen molar-refractivity contribution in [1.29, 1.82) is 0 Å². The van der Waals surface area contributed by atoms with Crippen LogP contribution in [0.15, 0.2) is 35.6 Å². The highest BCUT2D eigenvalue weighted by Gasteiger charge is 2.30. The van der Waals surface area contributed by atoms with Gasteiger partial charge in [-0.1, -0.05) is 30.7 Å². The zero-order valence-corrected chi connectivity index (χ0v) is 21.8. The van der Waals surface area contributed by atoms with Crippen molar-refractivity contribution in [3.63, 3.8) is 0 Å². The van der Waals surface area contributed by atoms with E-state index in [0.29, 0.717) is 12.0 Å². The molecule has 1 fully saturated rings. The number of aryl methyl sites for hydroxylation is 1. The summed E-state index contributed by atoms with van der Waals surface area (Å²) >= 11 is 6.27. The zero-order chi connectivity index (χ0) is 21.3. The summed E-state index contributed by atoms with van der Waals surface area (Å²) in [4.78, 5) is 7.36. The van der Waals surface area contributed by atoms with Crippen LogP contribution in [0.4, 0.5) is 0 Å². The lowest BCUT2D eigenvalue weighted by atomic mass is 9.85. The molecule has 0 spiro atoms. The molecule has 2 unspecified atom stereocenters. The van der Waals surface area contributed by atoms with Gasteiger partial charge in [0.1, 0.15) is 12.2 Å². The highest BCUT2D eigenvalue weighted by molar-refractivity contribution is 14.0. The number of hydrogen-bond acceptors (Lipinski definition) is 4. The van der Waals surface area contributed by atoms with Crippen molar-refractivity contribution in [1.82, 2.24) is 30.3 Å². The molecule has 2 atom stereocenters. The molecule has 2 heterocycles. The van der Waals surface area contributed by atoms with Gasteiger partial charge in [0.2, 0.25) is 0 Å². The fraction of sp³-hybridized carbons (Fsp3) is 0.591. The lowest BCUT2D eigenvalue weighted by molar-refractivity contribution is 0.125. The van der Waals surface area contributed by atoms with E-state index in [2.05, 4.69) is 63.3 Å². The molecule has 31 heavy (non-hydrogen) atoms. The molecule has 0 radical (unpaired) electrons. The second kappa shape index (κ2) is 13.2. The monoisotopic (exact) mass is 559 g/mol. The van der Waals surface area contributed by atoms with E-state index in [-0.39, 0.29) is 24.0 Å². The Kier molecular flexibility index (Phi) is 11.0. The van der Waals surface area contributed by atoms with E-state index >= 15 is 0 Å². The minimum Gasteiger partial charge on any atom is -0.357 e. The van der Waals surface area contributed by atoms with Gasteiger partial charge < -0.3 is 15.2 Å². The Hall–Kier alpha value is -1.39. The topological polar surface area (TPSA) is 70.4 Å². The van der Waals surface area contributed by atoms with Crippen LogP contribution >= 0.6 is 35.6 Å². The highest BCUT2D eigenvalue weighted by Crippen LogP contribution is 2.36. The first-order valence-corrected chi connectivity index (χ1v) is 11.3. The van der Waals surface area contributed by atoms with E-state index in [1.165, 1.54) is 18.4 Å². The fourth-order valence-corrected chi connectivity index (χ4v) is 4.45. The number of nitrogens with one attached hydrogen (secondary N) is 2. The van der Waals surface area contributed by atoms with Gasteiger partial charge in [-0.05, 0) is 57.0 Å². The quantitative estimate of drug-likeness (QED) is 0.293. The molecule has 1 aromatic carbocycles. The number of piperidine rings is 1. The van der Waals surface area contributed by atoms with Gasteiger partial charge in [-0.15, -0.1) is 34.2 Å². The first kappa shape index (κ1) is 25.9. The Bertz CT molecular complexity index is 826. The van der Waals surface area contributed by atoms with E-state index < -0.39 is 0 Å². The molecule has 1 aromatic heterocycles. The average molecular weight is 560 g/mol. The average Bonchev–Trinajstić information content (AvgIpc) is 3.19. The SMILES string of the molecule is CCNC(=NCC1CCCN(C)C1c1cccc(Cl)c1)NCCn1cnnc1CC.I. The van der Waals surface area contributed by atoms with E-state index in [9.17, 15) is 0 Å². The van der Waals surface area contributed by atoms with Gasteiger partial charge >= 0.3 is 0 Å². The maximum Gasteiger partial charge on any atom is 0.191 e. The van der Waals surface area contributed by atoms with Crippen molar-refractivity contribution in [2.75, 3.05) is 33.2 Å². The number of rotatable bonds is 8. The minimum absolute atomic E-state index is 0. The molecule has 9 heteroatoms. The number of aliphatic imine (C=N–C) groups is 1. The Labute approximate surface area is 208 Å². The molecule has 0 bridgehead atoms. The predicted molar refractivity (Wildman–Crippen MR) is 138 cm³/mol. The molecule has 172 valence electrons. The van der Waals surface area contributed by atoms with E-state index in [0.717, 1.165) is 56.0 Å². The van der Waals surface area contributed by atoms with E-state index in [1.54, 1.807) is 6.33 Å². The number of likely N-dealkylation sites (tertiary alicyclic amines) is 1. The van der Waals surface area contributed by atoms with Gasteiger partial charge in [-0.2, -0.15) is 0 Å². The Balaban J connectivity index is 0.00000341. The number of aromatic nitrogens is 3. The third-order valence-electron chi connectivity index (χ3n) is 5.68. The zero-order valence-electron chi connectivity index (χ0n) is 18.7. The van der Waals surface area contributed by atoms with Crippen molar-refractivity contribution in [2.45, 2.75) is 45.7 Å². The molecule has 7 nitrogen and oxygen atoms in total. The van der Waals surface area contributed by atoms with Crippen LogP contribution in [0.5, 0.6) is 0 Å². The third-order valence-corrected chi connectivity index (χ3v) is 5.92. The number of guanidine groups is 1. The summed E-state index contributed by atoms with van der Waals surface area (Å²) in [7, 11) is 2.20. The molecule has 3 rings (SSSR count). The van der Waals surface area contributed by atoms with Crippen LogP contribution in [0, 0.1) is 5.92 Å². The fourth-order valence-electron chi connectivity index (χ4n) is 4.25. The lowest BCUT2D eigenvalue weighted by Crippen LogP contribution is -2.41. The minimum atomic E-state index is 0. The van der Waals surface area contributed by atoms with Gasteiger partial charge in [0.15, 0.2) is 5.96 Å². The Morgan fingerprint density at radius 1 is 1.29 bits per heavy atom. The largest absolute Gasteiger partial charge is 0.357 e. The standard InChI is InChI=1S/C22H34ClN7.HI/c1-4-20-28-27-16-30(20)13-11-25-22(24-5-2)26-15-18-9-7-12-29(3)21(18)17-8-6-10-19(23)14-17;/h6,8,10,14,16,18,21H,4-5,7,9,11-13,15H2,1-3H3,(H2,24,25,26);1H. The van der Waals surface area contributed by atoms with Crippen molar-refractivity contribution in [3.8, 4) is 0 Å². The maximum absolute atomic E-state index is 6.27. The maximum atomic E-state index is 6.27. The van der Waals surface area contributed by atoms with Gasteiger partial charge in [0, 0.05) is 43.7 Å². The summed E-state index contributed by atoms with van der Waals surface area (Å²) in [6.07, 6.45) is 5.04. The lowest BCUT2D eigenvalue weighted by Gasteiger charge is -2.39. The second-order valence-corrected chi connectivity index (χ2v) is 8.26. The van der Waals surface area contributed by atoms with Crippen LogP contribution in [0.1, 0.15) is 44.1 Å². The molecule has 0 amide bonds. The Morgan fingerprint density at radius 2 is 2.13 bits per heavy atom. The highest BCUT2D eigenvalue weighted by atomic mass is 127. The van der Waals surface area contributed by atoms with Crippen molar-refractivity contribution < 1.29 is 0 Å². The van der Waals surface area contributed by atoms with Crippen molar-refractivity contribution in [3.05, 3.63) is 47.0 Å². The van der Waals surface area contributed by atoms with Crippen molar-refractivity contribution >= 4 is 41.5 Å². The van der Waals surface area contributed by atoms with Gasteiger partial charge in [0.25, 0.3) is 0 Å². The number of halogens is 2. The Morgan fingerprint density at radius 3 is 2.87 bits per heavy atom. The summed E-state index contributed by atoms with van der Waals surface area (Å²) in [5.74, 6) is 2.33. The van der Waals surface area contributed by atoms with Gasteiger partial charge in [0.05, 0.1) is 0 Å². The summed E-state index contributed by atoms with van der Waals surface area (Å²) in [6.45, 7) is 8.50. The number of hydrogen-bond donors (Lipinski definition) is 2. The van der Waals surface area contributed by atoms with Gasteiger partial charge in [-0.3, -0.25) is 9.89 Å². The smallest absolute Gasteiger partial charge is 0.191 e.